The fourth-order valence-corrected chi connectivity index (χ4v) is 4.23. The Bertz CT molecular complexity index is 658. The number of amides is 1. The molecule has 1 amide bonds. The van der Waals surface area contributed by atoms with Crippen LogP contribution >= 0.6 is 0 Å². The Morgan fingerprint density at radius 1 is 1.17 bits per heavy atom. The lowest BCUT2D eigenvalue weighted by Gasteiger charge is -2.27. The van der Waals surface area contributed by atoms with E-state index in [0.29, 0.717) is 42.7 Å². The molecule has 1 saturated heterocycles. The summed E-state index contributed by atoms with van der Waals surface area (Å²) in [6.45, 7) is 1.37. The second kappa shape index (κ2) is 5.44. The Labute approximate surface area is 134 Å². The summed E-state index contributed by atoms with van der Waals surface area (Å²) in [4.78, 5) is 26.2. The first-order valence-corrected chi connectivity index (χ1v) is 8.09. The highest BCUT2D eigenvalue weighted by Gasteiger charge is 2.50. The van der Waals surface area contributed by atoms with Gasteiger partial charge in [0.1, 0.15) is 19.3 Å². The molecule has 3 aliphatic rings. The van der Waals surface area contributed by atoms with Crippen molar-refractivity contribution in [1.82, 2.24) is 4.90 Å². The van der Waals surface area contributed by atoms with Crippen molar-refractivity contribution in [3.05, 3.63) is 23.8 Å². The summed E-state index contributed by atoms with van der Waals surface area (Å²) < 4.78 is 11.1. The fraction of sp³-hybridized carbons (Fsp3) is 0.529. The third kappa shape index (κ3) is 2.24. The second-order valence-electron chi connectivity index (χ2n) is 6.43. The van der Waals surface area contributed by atoms with Crippen molar-refractivity contribution in [2.24, 2.45) is 11.8 Å². The lowest BCUT2D eigenvalue weighted by molar-refractivity contribution is -0.142. The minimum absolute atomic E-state index is 0.0770. The Morgan fingerprint density at radius 2 is 2.00 bits per heavy atom. The molecular formula is C17H19NO5. The molecule has 2 aliphatic heterocycles. The molecule has 0 bridgehead atoms. The lowest BCUT2D eigenvalue weighted by atomic mass is 9.94. The zero-order chi connectivity index (χ0) is 16.0. The van der Waals surface area contributed by atoms with E-state index in [9.17, 15) is 14.7 Å². The molecule has 3 atom stereocenters. The Morgan fingerprint density at radius 3 is 2.83 bits per heavy atom. The molecule has 0 aromatic heterocycles. The summed E-state index contributed by atoms with van der Waals surface area (Å²) in [5.74, 6) is 0.187. The van der Waals surface area contributed by atoms with Gasteiger partial charge < -0.3 is 19.5 Å². The molecule has 1 aliphatic carbocycles. The highest BCUT2D eigenvalue weighted by atomic mass is 16.6. The molecule has 1 N–H and O–H groups in total. The number of aliphatic carboxylic acids is 1. The van der Waals surface area contributed by atoms with Crippen molar-refractivity contribution < 1.29 is 24.2 Å². The summed E-state index contributed by atoms with van der Waals surface area (Å²) in [6.07, 6.45) is 2.95. The standard InChI is InChI=1S/C17H19NO5/c19-16(12-5-2-6-13-15(12)23-8-7-22-13)18-9-10-3-1-4-11(10)14(18)17(20)21/h2,5-6,10-11,14H,1,3-4,7-9H2,(H,20,21). The number of carbonyl (C=O) groups is 2. The van der Waals surface area contributed by atoms with Gasteiger partial charge in [-0.3, -0.25) is 4.79 Å². The fourth-order valence-electron chi connectivity index (χ4n) is 4.23. The first-order chi connectivity index (χ1) is 11.2. The Hall–Kier alpha value is -2.24. The third-order valence-corrected chi connectivity index (χ3v) is 5.20. The molecule has 6 heteroatoms. The number of carbonyl (C=O) groups excluding carboxylic acids is 1. The van der Waals surface area contributed by atoms with E-state index >= 15 is 0 Å². The highest BCUT2D eigenvalue weighted by Crippen LogP contribution is 2.44. The van der Waals surface area contributed by atoms with Crippen LogP contribution in [0.1, 0.15) is 29.6 Å². The van der Waals surface area contributed by atoms with Crippen LogP contribution in [0.2, 0.25) is 0 Å². The number of likely N-dealkylation sites (tertiary alicyclic amines) is 1. The number of para-hydroxylation sites is 1. The maximum absolute atomic E-state index is 13.0. The van der Waals surface area contributed by atoms with Crippen molar-refractivity contribution in [3.63, 3.8) is 0 Å². The lowest BCUT2D eigenvalue weighted by Crippen LogP contribution is -2.43. The minimum Gasteiger partial charge on any atom is -0.486 e. The zero-order valence-corrected chi connectivity index (χ0v) is 12.7. The number of nitrogens with zero attached hydrogens (tertiary/aromatic N) is 1. The summed E-state index contributed by atoms with van der Waals surface area (Å²) in [5.41, 5.74) is 0.397. The summed E-state index contributed by atoms with van der Waals surface area (Å²) >= 11 is 0. The minimum atomic E-state index is -0.908. The number of carboxylic acids is 1. The number of ether oxygens (including phenoxy) is 2. The maximum Gasteiger partial charge on any atom is 0.326 e. The predicted octanol–water partition coefficient (Wildman–Crippen LogP) is 1.78. The predicted molar refractivity (Wildman–Crippen MR) is 80.7 cm³/mol. The van der Waals surface area contributed by atoms with Gasteiger partial charge in [0, 0.05) is 6.54 Å². The molecule has 2 heterocycles. The van der Waals surface area contributed by atoms with Crippen LogP contribution in [0.5, 0.6) is 11.5 Å². The van der Waals surface area contributed by atoms with Crippen molar-refractivity contribution >= 4 is 11.9 Å². The van der Waals surface area contributed by atoms with Crippen LogP contribution < -0.4 is 9.47 Å². The monoisotopic (exact) mass is 317 g/mol. The van der Waals surface area contributed by atoms with Gasteiger partial charge in [-0.1, -0.05) is 12.5 Å². The van der Waals surface area contributed by atoms with Crippen LogP contribution in [0.25, 0.3) is 0 Å². The van der Waals surface area contributed by atoms with Gasteiger partial charge >= 0.3 is 5.97 Å². The van der Waals surface area contributed by atoms with Crippen molar-refractivity contribution in [1.29, 1.82) is 0 Å². The van der Waals surface area contributed by atoms with E-state index < -0.39 is 12.0 Å². The number of benzene rings is 1. The third-order valence-electron chi connectivity index (χ3n) is 5.20. The zero-order valence-electron chi connectivity index (χ0n) is 12.7. The van der Waals surface area contributed by atoms with Gasteiger partial charge in [0.25, 0.3) is 5.91 Å². The van der Waals surface area contributed by atoms with Gasteiger partial charge in [0.15, 0.2) is 11.5 Å². The smallest absolute Gasteiger partial charge is 0.326 e. The van der Waals surface area contributed by atoms with E-state index in [1.54, 1.807) is 18.2 Å². The normalized spacial score (nSPS) is 28.5. The molecule has 122 valence electrons. The second-order valence-corrected chi connectivity index (χ2v) is 6.43. The van der Waals surface area contributed by atoms with E-state index in [4.69, 9.17) is 9.47 Å². The van der Waals surface area contributed by atoms with E-state index in [-0.39, 0.29) is 11.8 Å². The van der Waals surface area contributed by atoms with Gasteiger partial charge in [-0.25, -0.2) is 4.79 Å². The first-order valence-electron chi connectivity index (χ1n) is 8.09. The van der Waals surface area contributed by atoms with Crippen molar-refractivity contribution in [2.75, 3.05) is 19.8 Å². The van der Waals surface area contributed by atoms with E-state index in [2.05, 4.69) is 0 Å². The first kappa shape index (κ1) is 14.4. The van der Waals surface area contributed by atoms with Gasteiger partial charge in [-0.15, -0.1) is 0 Å². The molecule has 4 rings (SSSR count). The Kier molecular flexibility index (Phi) is 3.39. The number of hydrogen-bond acceptors (Lipinski definition) is 4. The van der Waals surface area contributed by atoms with Crippen LogP contribution in [0.15, 0.2) is 18.2 Å². The topological polar surface area (TPSA) is 76.1 Å². The quantitative estimate of drug-likeness (QED) is 0.900. The number of carboxylic acid groups (broad SMARTS) is 1. The number of rotatable bonds is 2. The van der Waals surface area contributed by atoms with Crippen LogP contribution in [-0.4, -0.2) is 47.7 Å². The molecule has 6 nitrogen and oxygen atoms in total. The van der Waals surface area contributed by atoms with Gasteiger partial charge in [-0.05, 0) is 36.8 Å². The van der Waals surface area contributed by atoms with Gasteiger partial charge in [0.05, 0.1) is 5.56 Å². The van der Waals surface area contributed by atoms with Crippen LogP contribution in [0.4, 0.5) is 0 Å². The molecular weight excluding hydrogens is 298 g/mol. The molecule has 1 saturated carbocycles. The van der Waals surface area contributed by atoms with Crippen molar-refractivity contribution in [3.8, 4) is 11.5 Å². The van der Waals surface area contributed by atoms with Crippen LogP contribution in [-0.2, 0) is 4.79 Å². The average Bonchev–Trinajstić information content (AvgIpc) is 3.13. The maximum atomic E-state index is 13.0. The molecule has 2 fully saturated rings. The van der Waals surface area contributed by atoms with Crippen LogP contribution in [0, 0.1) is 11.8 Å². The van der Waals surface area contributed by atoms with Crippen LogP contribution in [0.3, 0.4) is 0 Å². The molecule has 0 radical (unpaired) electrons. The number of fused-ring (bicyclic) bond motifs is 2. The molecule has 3 unspecified atom stereocenters. The van der Waals surface area contributed by atoms with E-state index in [0.717, 1.165) is 19.3 Å². The molecule has 1 aromatic carbocycles. The molecule has 0 spiro atoms. The summed E-state index contributed by atoms with van der Waals surface area (Å²) in [5, 5.41) is 9.62. The van der Waals surface area contributed by atoms with Gasteiger partial charge in [-0.2, -0.15) is 0 Å². The number of hydrogen-bond donors (Lipinski definition) is 1. The highest BCUT2D eigenvalue weighted by molar-refractivity contribution is 6.00. The largest absolute Gasteiger partial charge is 0.486 e. The molecule has 1 aromatic rings. The van der Waals surface area contributed by atoms with E-state index in [1.165, 1.54) is 4.90 Å². The van der Waals surface area contributed by atoms with E-state index in [1.807, 2.05) is 0 Å². The Balaban J connectivity index is 1.68. The average molecular weight is 317 g/mol. The summed E-state index contributed by atoms with van der Waals surface area (Å²) in [7, 11) is 0. The summed E-state index contributed by atoms with van der Waals surface area (Å²) in [6, 6.07) is 4.46. The van der Waals surface area contributed by atoms with Gasteiger partial charge in [0.2, 0.25) is 0 Å². The van der Waals surface area contributed by atoms with Crippen molar-refractivity contribution in [2.45, 2.75) is 25.3 Å². The molecule has 23 heavy (non-hydrogen) atoms. The SMILES string of the molecule is O=C(O)C1C2CCCC2CN1C(=O)c1cccc2c1OCCO2.